The van der Waals surface area contributed by atoms with Gasteiger partial charge in [0.1, 0.15) is 10.7 Å². The van der Waals surface area contributed by atoms with Crippen molar-refractivity contribution in [3.05, 3.63) is 41.3 Å². The molecule has 1 aliphatic heterocycles. The van der Waals surface area contributed by atoms with Gasteiger partial charge in [-0.15, -0.1) is 0 Å². The third-order valence-electron chi connectivity index (χ3n) is 6.60. The Morgan fingerprint density at radius 3 is 2.27 bits per heavy atom. The molecule has 206 valence electrons. The molecule has 0 radical (unpaired) electrons. The molecule has 3 rings (SSSR count). The fourth-order valence-electron chi connectivity index (χ4n) is 4.92. The number of halogens is 1. The van der Waals surface area contributed by atoms with Crippen LogP contribution in [0.2, 0.25) is 0 Å². The van der Waals surface area contributed by atoms with E-state index in [1.165, 1.54) is 16.4 Å². The maximum absolute atomic E-state index is 14.0. The minimum atomic E-state index is -3.88. The van der Waals surface area contributed by atoms with Crippen LogP contribution in [0.25, 0.3) is 11.3 Å². The number of carbonyl (C=O) groups is 1. The molecule has 0 saturated carbocycles. The van der Waals surface area contributed by atoms with Crippen molar-refractivity contribution >= 4 is 16.0 Å². The molecule has 1 aromatic heterocycles. The van der Waals surface area contributed by atoms with Crippen LogP contribution in [-0.4, -0.2) is 77.1 Å². The molecule has 1 aliphatic rings. The van der Waals surface area contributed by atoms with Crippen molar-refractivity contribution in [2.45, 2.75) is 76.0 Å². The number of ether oxygens (including phenoxy) is 1. The van der Waals surface area contributed by atoms with E-state index in [0.717, 1.165) is 0 Å². The van der Waals surface area contributed by atoms with Crippen molar-refractivity contribution < 1.29 is 37.7 Å². The lowest BCUT2D eigenvalue weighted by molar-refractivity contribution is -0.139. The van der Waals surface area contributed by atoms with E-state index in [-0.39, 0.29) is 43.3 Å². The van der Waals surface area contributed by atoms with E-state index >= 15 is 0 Å². The lowest BCUT2D eigenvalue weighted by atomic mass is 9.98. The first-order valence-electron chi connectivity index (χ1n) is 12.6. The number of aliphatic hydroxyl groups is 2. The van der Waals surface area contributed by atoms with E-state index in [0.29, 0.717) is 42.1 Å². The number of rotatable bonds is 12. The number of carboxylic acid groups (broad SMARTS) is 1. The zero-order chi connectivity index (χ0) is 27.3. The van der Waals surface area contributed by atoms with Gasteiger partial charge in [-0.2, -0.15) is 4.31 Å². The van der Waals surface area contributed by atoms with Crippen molar-refractivity contribution in [1.82, 2.24) is 8.87 Å². The zero-order valence-electron chi connectivity index (χ0n) is 21.6. The number of carboxylic acids is 1. The maximum atomic E-state index is 14.0. The van der Waals surface area contributed by atoms with Gasteiger partial charge in [0, 0.05) is 30.9 Å². The van der Waals surface area contributed by atoms with E-state index in [1.807, 2.05) is 25.3 Å². The Balaban J connectivity index is 2.13. The second-order valence-corrected chi connectivity index (χ2v) is 11.5. The summed E-state index contributed by atoms with van der Waals surface area (Å²) in [6.45, 7) is 7.07. The molecule has 9 nitrogen and oxygen atoms in total. The molecule has 2 heterocycles. The number of hydrogen-bond donors (Lipinski definition) is 3. The molecule has 0 amide bonds. The molecule has 2 aromatic rings. The second-order valence-electron chi connectivity index (χ2n) is 9.65. The Hall–Kier alpha value is -2.31. The van der Waals surface area contributed by atoms with Gasteiger partial charge in [-0.05, 0) is 55.0 Å². The number of hydrogen-bond acceptors (Lipinski definition) is 6. The molecular formula is C26H37FN2O7S. The minimum Gasteiger partial charge on any atom is -0.481 e. The van der Waals surface area contributed by atoms with Gasteiger partial charge in [0.2, 0.25) is 10.0 Å². The Bertz CT molecular complexity index is 1170. The van der Waals surface area contributed by atoms with E-state index < -0.39 is 40.4 Å². The van der Waals surface area contributed by atoms with Crippen molar-refractivity contribution in [3.63, 3.8) is 0 Å². The highest BCUT2D eigenvalue weighted by Gasteiger charge is 2.36. The lowest BCUT2D eigenvalue weighted by Gasteiger charge is -2.27. The highest BCUT2D eigenvalue weighted by Crippen LogP contribution is 2.41. The average molecular weight is 541 g/mol. The number of morpholine rings is 1. The van der Waals surface area contributed by atoms with Gasteiger partial charge in [0.05, 0.1) is 37.5 Å². The normalized spacial score (nSPS) is 16.7. The number of aliphatic carboxylic acids is 1. The molecule has 1 fully saturated rings. The Labute approximate surface area is 217 Å². The van der Waals surface area contributed by atoms with Crippen LogP contribution in [0.15, 0.2) is 29.2 Å². The summed E-state index contributed by atoms with van der Waals surface area (Å²) in [6, 6.07) is 5.89. The number of nitrogens with zero attached hydrogens (tertiary/aromatic N) is 2. The topological polar surface area (TPSA) is 129 Å². The molecule has 1 saturated heterocycles. The van der Waals surface area contributed by atoms with Crippen molar-refractivity contribution in [3.8, 4) is 11.3 Å². The smallest absolute Gasteiger partial charge is 0.305 e. The summed E-state index contributed by atoms with van der Waals surface area (Å²) in [5, 5.41) is 29.4. The van der Waals surface area contributed by atoms with Gasteiger partial charge in [-0.25, -0.2) is 12.8 Å². The number of aromatic nitrogens is 1. The molecular weight excluding hydrogens is 503 g/mol. The third-order valence-corrected chi connectivity index (χ3v) is 8.61. The van der Waals surface area contributed by atoms with Gasteiger partial charge >= 0.3 is 5.97 Å². The molecule has 0 spiro atoms. The second kappa shape index (κ2) is 12.5. The molecule has 2 atom stereocenters. The first-order valence-corrected chi connectivity index (χ1v) is 14.1. The quantitative estimate of drug-likeness (QED) is 0.377. The van der Waals surface area contributed by atoms with E-state index in [4.69, 9.17) is 9.84 Å². The van der Waals surface area contributed by atoms with Crippen LogP contribution < -0.4 is 0 Å². The molecule has 0 aliphatic carbocycles. The maximum Gasteiger partial charge on any atom is 0.305 e. The van der Waals surface area contributed by atoms with Gasteiger partial charge in [0.25, 0.3) is 0 Å². The first-order chi connectivity index (χ1) is 17.5. The zero-order valence-corrected chi connectivity index (χ0v) is 22.4. The van der Waals surface area contributed by atoms with Crippen LogP contribution in [0.5, 0.6) is 0 Å². The average Bonchev–Trinajstić information content (AvgIpc) is 3.18. The standard InChI is InChI=1S/C26H37FN2O7S/c1-4-22-26(37(34,35)28-11-13-36-14-12-28)24(17(2)3)25(18-5-7-19(27)8-6-18)29(22)10-9-20(30)15-21(31)16-23(32)33/h5-8,17,20-21,30-31H,4,9-16H2,1-3H3,(H,32,33)/t20-,21-/m1/s1. The van der Waals surface area contributed by atoms with E-state index in [9.17, 15) is 27.8 Å². The van der Waals surface area contributed by atoms with E-state index in [1.54, 1.807) is 12.1 Å². The summed E-state index contributed by atoms with van der Waals surface area (Å²) in [5.41, 5.74) is 2.53. The van der Waals surface area contributed by atoms with Crippen molar-refractivity contribution in [1.29, 1.82) is 0 Å². The van der Waals surface area contributed by atoms with E-state index in [2.05, 4.69) is 0 Å². The van der Waals surface area contributed by atoms with Crippen LogP contribution in [0.4, 0.5) is 4.39 Å². The highest BCUT2D eigenvalue weighted by molar-refractivity contribution is 7.89. The SMILES string of the molecule is CCc1c(S(=O)(=O)N2CCOCC2)c(C(C)C)c(-c2ccc(F)cc2)n1CC[C@@H](O)C[C@@H](O)CC(=O)O. The van der Waals surface area contributed by atoms with Crippen molar-refractivity contribution in [2.24, 2.45) is 0 Å². The molecule has 0 unspecified atom stereocenters. The summed E-state index contributed by atoms with van der Waals surface area (Å²) >= 11 is 0. The summed E-state index contributed by atoms with van der Waals surface area (Å²) < 4.78 is 50.4. The van der Waals surface area contributed by atoms with Gasteiger partial charge in [-0.3, -0.25) is 4.79 Å². The van der Waals surface area contributed by atoms with Crippen LogP contribution in [0.3, 0.4) is 0 Å². The Morgan fingerprint density at radius 2 is 1.73 bits per heavy atom. The van der Waals surface area contributed by atoms with Crippen LogP contribution in [0.1, 0.15) is 57.2 Å². The van der Waals surface area contributed by atoms with Gasteiger partial charge in [-0.1, -0.05) is 20.8 Å². The molecule has 37 heavy (non-hydrogen) atoms. The fraction of sp³-hybridized carbons (Fsp3) is 0.577. The lowest BCUT2D eigenvalue weighted by Crippen LogP contribution is -2.41. The largest absolute Gasteiger partial charge is 0.481 e. The summed E-state index contributed by atoms with van der Waals surface area (Å²) in [5.74, 6) is -1.75. The third kappa shape index (κ3) is 6.77. The van der Waals surface area contributed by atoms with Crippen LogP contribution in [-0.2, 0) is 32.5 Å². The molecule has 11 heteroatoms. The summed E-state index contributed by atoms with van der Waals surface area (Å²) in [7, 11) is -3.88. The summed E-state index contributed by atoms with van der Waals surface area (Å²) in [6.07, 6.45) is -2.21. The Morgan fingerprint density at radius 1 is 1.11 bits per heavy atom. The highest BCUT2D eigenvalue weighted by atomic mass is 32.2. The predicted octanol–water partition coefficient (Wildman–Crippen LogP) is 2.98. The number of aliphatic hydroxyl groups excluding tert-OH is 2. The number of benzene rings is 1. The predicted molar refractivity (Wildman–Crippen MR) is 136 cm³/mol. The number of sulfonamides is 1. The first kappa shape index (κ1) is 29.2. The molecule has 3 N–H and O–H groups in total. The molecule has 1 aromatic carbocycles. The van der Waals surface area contributed by atoms with Gasteiger partial charge in [0.15, 0.2) is 0 Å². The van der Waals surface area contributed by atoms with Crippen LogP contribution in [0, 0.1) is 5.82 Å². The molecule has 0 bridgehead atoms. The monoisotopic (exact) mass is 540 g/mol. The Kier molecular flexibility index (Phi) is 9.87. The van der Waals surface area contributed by atoms with Crippen LogP contribution >= 0.6 is 0 Å². The van der Waals surface area contributed by atoms with Gasteiger partial charge < -0.3 is 24.6 Å². The minimum absolute atomic E-state index is 0.114. The van der Waals surface area contributed by atoms with Crippen molar-refractivity contribution in [2.75, 3.05) is 26.3 Å². The fourth-order valence-corrected chi connectivity index (χ4v) is 6.97. The summed E-state index contributed by atoms with van der Waals surface area (Å²) in [4.78, 5) is 11.1.